The molecule has 0 bridgehead atoms. The van der Waals surface area contributed by atoms with Crippen molar-refractivity contribution >= 4 is 17.6 Å². The molecule has 0 saturated heterocycles. The van der Waals surface area contributed by atoms with Gasteiger partial charge >= 0.3 is 0 Å². The number of amides is 2. The zero-order chi connectivity index (χ0) is 26.6. The Labute approximate surface area is 218 Å². The van der Waals surface area contributed by atoms with E-state index in [9.17, 15) is 9.59 Å². The van der Waals surface area contributed by atoms with E-state index in [0.29, 0.717) is 5.82 Å². The lowest BCUT2D eigenvalue weighted by atomic mass is 9.90. The first-order chi connectivity index (χ1) is 17.6. The van der Waals surface area contributed by atoms with E-state index in [2.05, 4.69) is 26.1 Å². The van der Waals surface area contributed by atoms with E-state index in [1.165, 1.54) is 4.90 Å². The average molecular weight is 495 g/mol. The maximum atomic E-state index is 13.6. The van der Waals surface area contributed by atoms with Crippen LogP contribution in [0.25, 0.3) is 5.69 Å². The van der Waals surface area contributed by atoms with E-state index in [1.807, 2.05) is 97.9 Å². The fraction of sp³-hybridized carbons (Fsp3) is 0.258. The molecule has 6 heteroatoms. The first-order valence-electron chi connectivity index (χ1n) is 12.5. The second kappa shape index (κ2) is 10.8. The second-order valence-corrected chi connectivity index (χ2v) is 10.4. The van der Waals surface area contributed by atoms with Gasteiger partial charge in [-0.3, -0.25) is 9.59 Å². The third-order valence-corrected chi connectivity index (χ3v) is 6.29. The predicted octanol–water partition coefficient (Wildman–Crippen LogP) is 5.71. The van der Waals surface area contributed by atoms with Crippen molar-refractivity contribution in [2.24, 2.45) is 0 Å². The van der Waals surface area contributed by atoms with Crippen LogP contribution in [0.5, 0.6) is 0 Å². The molecule has 4 aromatic rings. The zero-order valence-corrected chi connectivity index (χ0v) is 22.1. The normalized spacial score (nSPS) is 11.4. The standard InChI is InChI=1S/C31H34N4O2/c1-22-16-18-25(19-17-22)35-27(20-26(33-35)31(2,3)4)32-28(36)21-34(5)30(37)29(23-12-8-6-9-13-23)24-14-10-7-11-15-24/h6-20,29H,21H2,1-5H3,(H,32,36). The van der Waals surface area contributed by atoms with Crippen molar-refractivity contribution in [3.63, 3.8) is 0 Å². The summed E-state index contributed by atoms with van der Waals surface area (Å²) in [5.74, 6) is -0.354. The zero-order valence-electron chi connectivity index (χ0n) is 22.1. The number of rotatable bonds is 7. The molecule has 0 aliphatic rings. The van der Waals surface area contributed by atoms with Crippen molar-refractivity contribution in [2.75, 3.05) is 18.9 Å². The number of benzene rings is 3. The predicted molar refractivity (Wildman–Crippen MR) is 148 cm³/mol. The fourth-order valence-corrected chi connectivity index (χ4v) is 4.18. The molecule has 0 saturated carbocycles. The number of nitrogens with one attached hydrogen (secondary N) is 1. The highest BCUT2D eigenvalue weighted by atomic mass is 16.2. The molecule has 0 fully saturated rings. The number of nitrogens with zero attached hydrogens (tertiary/aromatic N) is 3. The van der Waals surface area contributed by atoms with Gasteiger partial charge in [-0.15, -0.1) is 0 Å². The smallest absolute Gasteiger partial charge is 0.245 e. The number of likely N-dealkylation sites (N-methyl/N-ethyl adjacent to an activating group) is 1. The van der Waals surface area contributed by atoms with Gasteiger partial charge in [0.1, 0.15) is 5.82 Å². The topological polar surface area (TPSA) is 67.2 Å². The summed E-state index contributed by atoms with van der Waals surface area (Å²) in [7, 11) is 1.67. The van der Waals surface area contributed by atoms with Crippen LogP contribution in [0.15, 0.2) is 91.0 Å². The molecule has 0 spiro atoms. The first-order valence-corrected chi connectivity index (χ1v) is 12.5. The number of anilines is 1. The van der Waals surface area contributed by atoms with Gasteiger partial charge in [0.05, 0.1) is 23.8 Å². The summed E-state index contributed by atoms with van der Waals surface area (Å²) in [6.45, 7) is 8.20. The molecule has 0 aliphatic heterocycles. The van der Waals surface area contributed by atoms with E-state index >= 15 is 0 Å². The van der Waals surface area contributed by atoms with Gasteiger partial charge in [-0.05, 0) is 30.2 Å². The Kier molecular flexibility index (Phi) is 7.58. The lowest BCUT2D eigenvalue weighted by Gasteiger charge is -2.24. The van der Waals surface area contributed by atoms with E-state index in [1.54, 1.807) is 11.7 Å². The Morgan fingerprint density at radius 2 is 1.43 bits per heavy atom. The minimum Gasteiger partial charge on any atom is -0.336 e. The minimum absolute atomic E-state index is 0.0844. The molecule has 0 atom stereocenters. The molecular formula is C31H34N4O2. The molecule has 4 rings (SSSR count). The van der Waals surface area contributed by atoms with Crippen LogP contribution in [0, 0.1) is 6.92 Å². The van der Waals surface area contributed by atoms with Crippen LogP contribution >= 0.6 is 0 Å². The quantitative estimate of drug-likeness (QED) is 0.358. The Balaban J connectivity index is 1.56. The lowest BCUT2D eigenvalue weighted by molar-refractivity contribution is -0.133. The SMILES string of the molecule is Cc1ccc(-n2nc(C(C)(C)C)cc2NC(=O)CN(C)C(=O)C(c2ccccc2)c2ccccc2)cc1. The Morgan fingerprint density at radius 3 is 1.95 bits per heavy atom. The van der Waals surface area contributed by atoms with Crippen LogP contribution < -0.4 is 5.32 Å². The molecule has 3 aromatic carbocycles. The van der Waals surface area contributed by atoms with Gasteiger partial charge in [0.25, 0.3) is 0 Å². The number of aromatic nitrogens is 2. The van der Waals surface area contributed by atoms with Crippen molar-refractivity contribution in [1.82, 2.24) is 14.7 Å². The second-order valence-electron chi connectivity index (χ2n) is 10.4. The van der Waals surface area contributed by atoms with Gasteiger partial charge in [-0.25, -0.2) is 4.68 Å². The van der Waals surface area contributed by atoms with Crippen LogP contribution in [-0.2, 0) is 15.0 Å². The van der Waals surface area contributed by atoms with Crippen LogP contribution in [0.1, 0.15) is 49.1 Å². The summed E-state index contributed by atoms with van der Waals surface area (Å²) in [6.07, 6.45) is 0. The summed E-state index contributed by atoms with van der Waals surface area (Å²) in [5.41, 5.74) is 4.44. The van der Waals surface area contributed by atoms with Crippen molar-refractivity contribution in [2.45, 2.75) is 39.0 Å². The van der Waals surface area contributed by atoms with Crippen molar-refractivity contribution < 1.29 is 9.59 Å². The van der Waals surface area contributed by atoms with Crippen molar-refractivity contribution in [1.29, 1.82) is 0 Å². The third kappa shape index (κ3) is 6.15. The number of carbonyl (C=O) groups is 2. The summed E-state index contributed by atoms with van der Waals surface area (Å²) < 4.78 is 1.75. The van der Waals surface area contributed by atoms with Crippen LogP contribution in [-0.4, -0.2) is 40.1 Å². The molecule has 0 aliphatic carbocycles. The van der Waals surface area contributed by atoms with Crippen LogP contribution in [0.2, 0.25) is 0 Å². The van der Waals surface area contributed by atoms with E-state index in [0.717, 1.165) is 28.1 Å². The lowest BCUT2D eigenvalue weighted by Crippen LogP contribution is -2.38. The Morgan fingerprint density at radius 1 is 0.892 bits per heavy atom. The van der Waals surface area contributed by atoms with E-state index < -0.39 is 5.92 Å². The van der Waals surface area contributed by atoms with Gasteiger partial charge in [0, 0.05) is 18.5 Å². The number of hydrogen-bond acceptors (Lipinski definition) is 3. The highest BCUT2D eigenvalue weighted by Gasteiger charge is 2.27. The Hall–Kier alpha value is -4.19. The molecule has 190 valence electrons. The first kappa shape index (κ1) is 25.9. The molecule has 1 heterocycles. The molecular weight excluding hydrogens is 460 g/mol. The molecule has 37 heavy (non-hydrogen) atoms. The summed E-state index contributed by atoms with van der Waals surface area (Å²) in [5, 5.41) is 7.77. The summed E-state index contributed by atoms with van der Waals surface area (Å²) in [6, 6.07) is 29.2. The van der Waals surface area contributed by atoms with Gasteiger partial charge in [-0.1, -0.05) is 99.1 Å². The maximum absolute atomic E-state index is 13.6. The largest absolute Gasteiger partial charge is 0.336 e. The summed E-state index contributed by atoms with van der Waals surface area (Å²) in [4.78, 5) is 28.3. The van der Waals surface area contributed by atoms with Crippen molar-refractivity contribution in [3.05, 3.63) is 113 Å². The van der Waals surface area contributed by atoms with Crippen LogP contribution in [0.4, 0.5) is 5.82 Å². The highest BCUT2D eigenvalue weighted by molar-refractivity contribution is 5.96. The monoisotopic (exact) mass is 494 g/mol. The molecule has 1 N–H and O–H groups in total. The molecule has 0 unspecified atom stereocenters. The van der Waals surface area contributed by atoms with Gasteiger partial charge < -0.3 is 10.2 Å². The molecule has 0 radical (unpaired) electrons. The third-order valence-electron chi connectivity index (χ3n) is 6.29. The van der Waals surface area contributed by atoms with Crippen molar-refractivity contribution in [3.8, 4) is 5.69 Å². The van der Waals surface area contributed by atoms with E-state index in [-0.39, 0.29) is 23.8 Å². The number of hydrogen-bond donors (Lipinski definition) is 1. The minimum atomic E-state index is -0.495. The molecule has 6 nitrogen and oxygen atoms in total. The Bertz CT molecular complexity index is 1310. The number of carbonyl (C=O) groups excluding carboxylic acids is 2. The summed E-state index contributed by atoms with van der Waals surface area (Å²) >= 11 is 0. The van der Waals surface area contributed by atoms with Gasteiger partial charge in [0.2, 0.25) is 11.8 Å². The van der Waals surface area contributed by atoms with Crippen LogP contribution in [0.3, 0.4) is 0 Å². The molecule has 1 aromatic heterocycles. The van der Waals surface area contributed by atoms with E-state index in [4.69, 9.17) is 5.10 Å². The van der Waals surface area contributed by atoms with Gasteiger partial charge in [-0.2, -0.15) is 5.10 Å². The van der Waals surface area contributed by atoms with Gasteiger partial charge in [0.15, 0.2) is 0 Å². The molecule has 2 amide bonds. The fourth-order valence-electron chi connectivity index (χ4n) is 4.18. The maximum Gasteiger partial charge on any atom is 0.245 e. The average Bonchev–Trinajstić information content (AvgIpc) is 3.30. The highest BCUT2D eigenvalue weighted by Crippen LogP contribution is 2.28. The number of aryl methyl sites for hydroxylation is 1.